The molecule has 0 saturated carbocycles. The number of methoxy groups -OCH3 is 1. The van der Waals surface area contributed by atoms with Gasteiger partial charge in [-0.1, -0.05) is 51.4 Å². The molecule has 8 rings (SSSR count). The van der Waals surface area contributed by atoms with Crippen molar-refractivity contribution in [3.8, 4) is 0 Å². The molecular formula is C45H53ClFN9O6. The highest BCUT2D eigenvalue weighted by Gasteiger charge is 2.40. The van der Waals surface area contributed by atoms with Crippen LogP contribution in [0, 0.1) is 17.7 Å². The lowest BCUT2D eigenvalue weighted by atomic mass is 10.0. The van der Waals surface area contributed by atoms with Gasteiger partial charge in [0.15, 0.2) is 0 Å². The summed E-state index contributed by atoms with van der Waals surface area (Å²) in [6, 6.07) is 14.6. The van der Waals surface area contributed by atoms with Gasteiger partial charge in [0.1, 0.15) is 29.5 Å². The van der Waals surface area contributed by atoms with Crippen molar-refractivity contribution in [2.24, 2.45) is 11.8 Å². The third kappa shape index (κ3) is 8.24. The third-order valence-corrected chi connectivity index (χ3v) is 13.0. The molecule has 15 nitrogen and oxygen atoms in total. The lowest BCUT2D eigenvalue weighted by molar-refractivity contribution is -0.136. The monoisotopic (exact) mass is 869 g/mol. The Morgan fingerprint density at radius 2 is 1.24 bits per heavy atom. The Morgan fingerprint density at radius 3 is 1.69 bits per heavy atom. The molecule has 3 saturated heterocycles. The number of benzene rings is 3. The van der Waals surface area contributed by atoms with E-state index in [0.717, 1.165) is 65.3 Å². The van der Waals surface area contributed by atoms with Crippen molar-refractivity contribution in [3.63, 3.8) is 0 Å². The molecule has 2 aromatic heterocycles. The van der Waals surface area contributed by atoms with Gasteiger partial charge in [0.05, 0.1) is 58.4 Å². The summed E-state index contributed by atoms with van der Waals surface area (Å²) in [5.41, 5.74) is 5.83. The highest BCUT2D eigenvalue weighted by atomic mass is 35.5. The van der Waals surface area contributed by atoms with E-state index in [2.05, 4.69) is 43.7 Å². The largest absolute Gasteiger partial charge is 0.465 e. The summed E-state index contributed by atoms with van der Waals surface area (Å²) < 4.78 is 20.0. The molecule has 5 N–H and O–H groups in total. The number of nitrogens with zero attached hydrogens (tertiary/aromatic N) is 5. The van der Waals surface area contributed by atoms with Gasteiger partial charge < -0.3 is 45.1 Å². The highest BCUT2D eigenvalue weighted by Crippen LogP contribution is 2.48. The number of anilines is 1. The molecule has 0 bridgehead atoms. The number of hydrogen-bond acceptors (Lipinski definition) is 8. The van der Waals surface area contributed by atoms with Crippen LogP contribution in [-0.2, 0) is 14.3 Å². The third-order valence-electron chi connectivity index (χ3n) is 12.7. The molecule has 0 radical (unpaired) electrons. The van der Waals surface area contributed by atoms with Crippen molar-refractivity contribution >= 4 is 63.4 Å². The Hall–Kier alpha value is -5.90. The molecule has 5 heterocycles. The van der Waals surface area contributed by atoms with Gasteiger partial charge in [0.2, 0.25) is 11.8 Å². The molecule has 17 heteroatoms. The number of imidazole rings is 2. The van der Waals surface area contributed by atoms with Crippen molar-refractivity contribution in [1.82, 2.24) is 40.4 Å². The van der Waals surface area contributed by atoms with Crippen LogP contribution in [0.25, 0.3) is 22.1 Å². The van der Waals surface area contributed by atoms with E-state index in [1.54, 1.807) is 15.9 Å². The quantitative estimate of drug-likeness (QED) is 0.0870. The van der Waals surface area contributed by atoms with E-state index in [1.807, 2.05) is 52.0 Å². The Labute approximate surface area is 363 Å². The standard InChI is InChI=1S/C45H53ClFN9O6/c1-23(2)38(52-44(59)60)42(57)54-18-6-8-36(54)40-48-30-14-10-25(20-32(30)50-40)34-16-17-35(56(34)27-12-13-28(46)29(47)22-27)26-11-15-31-33(21-26)51-41(49-31)37-9-7-19-55(37)43(58)39(24(3)4)53-45(61)62-5/h10-15,20-24,34-39,52H,6-9,16-19H2,1-5H3,(H,48,50)(H,49,51)(H,53,61)(H,59,60)/t34-,35-,36+,37+,38+,39+/m1/s1. The lowest BCUT2D eigenvalue weighted by Gasteiger charge is -2.33. The number of nitrogens with one attached hydrogen (secondary N) is 4. The molecule has 62 heavy (non-hydrogen) atoms. The van der Waals surface area contributed by atoms with Crippen LogP contribution < -0.4 is 15.5 Å². The molecule has 3 aromatic carbocycles. The van der Waals surface area contributed by atoms with Crippen molar-refractivity contribution in [1.29, 1.82) is 0 Å². The fourth-order valence-electron chi connectivity index (χ4n) is 9.63. The number of carbonyl (C=O) groups is 4. The number of rotatable bonds is 11. The summed E-state index contributed by atoms with van der Waals surface area (Å²) in [4.78, 5) is 73.7. The second kappa shape index (κ2) is 17.5. The van der Waals surface area contributed by atoms with Crippen LogP contribution in [0.4, 0.5) is 19.7 Å². The van der Waals surface area contributed by atoms with Crippen LogP contribution in [0.1, 0.15) is 113 Å². The van der Waals surface area contributed by atoms with Gasteiger partial charge in [-0.25, -0.2) is 23.9 Å². The number of halogens is 2. The summed E-state index contributed by atoms with van der Waals surface area (Å²) >= 11 is 6.19. The van der Waals surface area contributed by atoms with Crippen LogP contribution in [0.2, 0.25) is 5.02 Å². The summed E-state index contributed by atoms with van der Waals surface area (Å²) in [6.07, 6.45) is 2.63. The van der Waals surface area contributed by atoms with Gasteiger partial charge in [0, 0.05) is 18.8 Å². The topological polar surface area (TPSA) is 189 Å². The number of carboxylic acid groups (broad SMARTS) is 1. The van der Waals surface area contributed by atoms with Crippen LogP contribution in [0.15, 0.2) is 54.6 Å². The van der Waals surface area contributed by atoms with Crippen LogP contribution in [0.5, 0.6) is 0 Å². The molecule has 5 aromatic rings. The van der Waals surface area contributed by atoms with E-state index in [9.17, 15) is 24.3 Å². The second-order valence-corrected chi connectivity index (χ2v) is 17.7. The molecule has 3 aliphatic heterocycles. The minimum atomic E-state index is -1.24. The van der Waals surface area contributed by atoms with Crippen molar-refractivity contribution in [3.05, 3.63) is 88.2 Å². The van der Waals surface area contributed by atoms with Crippen molar-refractivity contribution in [2.75, 3.05) is 25.1 Å². The maximum atomic E-state index is 15.2. The predicted octanol–water partition coefficient (Wildman–Crippen LogP) is 8.31. The molecule has 0 aliphatic carbocycles. The van der Waals surface area contributed by atoms with Gasteiger partial charge in [-0.05, 0) is 104 Å². The number of alkyl carbamates (subject to hydrolysis) is 1. The van der Waals surface area contributed by atoms with E-state index in [1.165, 1.54) is 13.2 Å². The van der Waals surface area contributed by atoms with E-state index >= 15 is 4.39 Å². The highest BCUT2D eigenvalue weighted by molar-refractivity contribution is 6.30. The number of likely N-dealkylation sites (tertiary alicyclic amines) is 2. The number of fused-ring (bicyclic) bond motifs is 2. The van der Waals surface area contributed by atoms with Gasteiger partial charge in [-0.3, -0.25) is 9.59 Å². The maximum absolute atomic E-state index is 15.2. The lowest BCUT2D eigenvalue weighted by Crippen LogP contribution is -2.51. The Balaban J connectivity index is 1.08. The van der Waals surface area contributed by atoms with Gasteiger partial charge in [-0.2, -0.15) is 0 Å². The van der Waals surface area contributed by atoms with E-state index in [0.29, 0.717) is 36.8 Å². The zero-order valence-corrected chi connectivity index (χ0v) is 36.2. The maximum Gasteiger partial charge on any atom is 0.407 e. The normalized spacial score (nSPS) is 21.3. The minimum absolute atomic E-state index is 0.0389. The van der Waals surface area contributed by atoms with Crippen LogP contribution >= 0.6 is 11.6 Å². The first-order valence-corrected chi connectivity index (χ1v) is 21.8. The van der Waals surface area contributed by atoms with Crippen molar-refractivity contribution in [2.45, 2.75) is 102 Å². The van der Waals surface area contributed by atoms with Gasteiger partial charge >= 0.3 is 12.2 Å². The zero-order valence-electron chi connectivity index (χ0n) is 35.5. The number of H-pyrrole nitrogens is 2. The number of carbonyl (C=O) groups excluding carboxylic acids is 3. The molecule has 3 fully saturated rings. The van der Waals surface area contributed by atoms with E-state index in [4.69, 9.17) is 26.3 Å². The average molecular weight is 870 g/mol. The van der Waals surface area contributed by atoms with Crippen LogP contribution in [-0.4, -0.2) is 91.1 Å². The molecule has 0 unspecified atom stereocenters. The summed E-state index contributed by atoms with van der Waals surface area (Å²) in [6.45, 7) is 8.46. The first-order valence-electron chi connectivity index (χ1n) is 21.4. The zero-order chi connectivity index (χ0) is 44.0. The smallest absolute Gasteiger partial charge is 0.407 e. The number of hydrogen-bond donors (Lipinski definition) is 5. The van der Waals surface area contributed by atoms with Gasteiger partial charge in [-0.15, -0.1) is 0 Å². The first-order chi connectivity index (χ1) is 29.7. The Kier molecular flexibility index (Phi) is 12.0. The summed E-state index contributed by atoms with van der Waals surface area (Å²) in [5.74, 6) is -0.00874. The van der Waals surface area contributed by atoms with E-state index in [-0.39, 0.29) is 52.8 Å². The second-order valence-electron chi connectivity index (χ2n) is 17.3. The molecule has 3 aliphatic rings. The van der Waals surface area contributed by atoms with Crippen LogP contribution in [0.3, 0.4) is 0 Å². The van der Waals surface area contributed by atoms with Crippen molar-refractivity contribution < 1.29 is 33.4 Å². The molecule has 328 valence electrons. The molecule has 4 amide bonds. The SMILES string of the molecule is COC(=O)N[C@H](C(=O)N1CCC[C@H]1c1nc2ccc([C@H]3CC[C@H](c4ccc5nc([C@@H]6CCCN6C(=O)[C@@H](NC(=O)O)C(C)C)[nH]c5c4)N3c3ccc(Cl)c(F)c3)cc2[nH]1)C(C)C. The average Bonchev–Trinajstić information content (AvgIpc) is 4.10. The van der Waals surface area contributed by atoms with E-state index < -0.39 is 30.1 Å². The number of aromatic nitrogens is 4. The Morgan fingerprint density at radius 1 is 0.742 bits per heavy atom. The molecular weight excluding hydrogens is 817 g/mol. The van der Waals surface area contributed by atoms with Gasteiger partial charge in [0.25, 0.3) is 0 Å². The first kappa shape index (κ1) is 42.8. The Bertz CT molecular complexity index is 2510. The summed E-state index contributed by atoms with van der Waals surface area (Å²) in [5, 5.41) is 14.6. The molecule has 6 atom stereocenters. The number of ether oxygens (including phenoxy) is 1. The minimum Gasteiger partial charge on any atom is -0.465 e. The summed E-state index contributed by atoms with van der Waals surface area (Å²) in [7, 11) is 1.28. The molecule has 0 spiro atoms. The number of aromatic amines is 2. The number of amides is 4. The predicted molar refractivity (Wildman–Crippen MR) is 232 cm³/mol. The fourth-order valence-corrected chi connectivity index (χ4v) is 9.75. The fraction of sp³-hybridized carbons (Fsp3) is 0.467.